The summed E-state index contributed by atoms with van der Waals surface area (Å²) in [4.78, 5) is 27.0. The van der Waals surface area contributed by atoms with E-state index in [1.165, 1.54) is 26.5 Å². The highest BCUT2D eigenvalue weighted by molar-refractivity contribution is 5.25. The summed E-state index contributed by atoms with van der Waals surface area (Å²) in [6.07, 6.45) is 8.20. The van der Waals surface area contributed by atoms with Crippen LogP contribution in [0, 0.1) is 13.8 Å². The highest BCUT2D eigenvalue weighted by Gasteiger charge is 2.59. The molecule has 2 heterocycles. The van der Waals surface area contributed by atoms with Crippen LogP contribution in [0.2, 0.25) is 0 Å². The fraction of sp³-hybridized carbons (Fsp3) is 0.722. The van der Waals surface area contributed by atoms with Crippen LogP contribution in [0.4, 0.5) is 0 Å². The van der Waals surface area contributed by atoms with Gasteiger partial charge in [0.1, 0.15) is 18.4 Å². The Bertz CT molecular complexity index is 1440. The quantitative estimate of drug-likeness (QED) is 0.220. The van der Waals surface area contributed by atoms with Gasteiger partial charge in [-0.1, -0.05) is 37.1 Å². The summed E-state index contributed by atoms with van der Waals surface area (Å²) in [6.45, 7) is 3.78. The van der Waals surface area contributed by atoms with E-state index in [9.17, 15) is 19.8 Å². The van der Waals surface area contributed by atoms with E-state index in [2.05, 4.69) is 19.1 Å². The highest BCUT2D eigenvalue weighted by atomic mass is 16.8. The summed E-state index contributed by atoms with van der Waals surface area (Å²) < 4.78 is 33.6. The summed E-state index contributed by atoms with van der Waals surface area (Å²) in [5, 5.41) is 23.5. The molecule has 262 valence electrons. The Balaban J connectivity index is 1.39. The van der Waals surface area contributed by atoms with Gasteiger partial charge in [0.15, 0.2) is 11.6 Å². The van der Waals surface area contributed by atoms with Gasteiger partial charge in [0.25, 0.3) is 5.56 Å². The van der Waals surface area contributed by atoms with Gasteiger partial charge in [-0.05, 0) is 69.9 Å². The molecule has 11 heteroatoms. The molecule has 1 aliphatic heterocycles. The van der Waals surface area contributed by atoms with Crippen LogP contribution < -0.4 is 11.2 Å². The van der Waals surface area contributed by atoms with Gasteiger partial charge in [0.2, 0.25) is 5.79 Å². The van der Waals surface area contributed by atoms with Crippen molar-refractivity contribution in [1.29, 1.82) is 0 Å². The fourth-order valence-electron chi connectivity index (χ4n) is 7.54. The first-order chi connectivity index (χ1) is 22.6. The Labute approximate surface area is 277 Å². The van der Waals surface area contributed by atoms with Gasteiger partial charge >= 0.3 is 5.69 Å². The Morgan fingerprint density at radius 1 is 0.915 bits per heavy atom. The SMILES string of the molecule is COC1(OC[C@@H](O)[C@@]2(OC3(OC)CCCCC3)O[C@@H](n3cc(C)c(=O)n(CCCCc4ccccc4C)c3=O)C[C@@H]2O)CCCCC1. The second kappa shape index (κ2) is 15.4. The summed E-state index contributed by atoms with van der Waals surface area (Å²) in [6, 6.07) is 8.21. The van der Waals surface area contributed by atoms with Gasteiger partial charge in [-0.3, -0.25) is 13.9 Å². The van der Waals surface area contributed by atoms with Crippen molar-refractivity contribution >= 4 is 0 Å². The normalized spacial score (nSPS) is 26.3. The number of hydrogen-bond donors (Lipinski definition) is 2. The smallest absolute Gasteiger partial charge is 0.333 e. The molecule has 0 amide bonds. The first-order valence-corrected chi connectivity index (χ1v) is 17.4. The van der Waals surface area contributed by atoms with E-state index in [4.69, 9.17) is 23.7 Å². The molecule has 3 aliphatic rings. The molecule has 0 bridgehead atoms. The van der Waals surface area contributed by atoms with Crippen molar-refractivity contribution in [3.05, 3.63) is 68.0 Å². The van der Waals surface area contributed by atoms with Crippen molar-refractivity contribution in [3.8, 4) is 0 Å². The summed E-state index contributed by atoms with van der Waals surface area (Å²) in [7, 11) is 3.17. The number of benzene rings is 1. The van der Waals surface area contributed by atoms with Crippen LogP contribution in [0.3, 0.4) is 0 Å². The maximum Gasteiger partial charge on any atom is 0.333 e. The fourth-order valence-corrected chi connectivity index (χ4v) is 7.54. The lowest BCUT2D eigenvalue weighted by Crippen LogP contribution is -2.60. The highest BCUT2D eigenvalue weighted by Crippen LogP contribution is 2.46. The van der Waals surface area contributed by atoms with Crippen LogP contribution >= 0.6 is 0 Å². The van der Waals surface area contributed by atoms with Gasteiger partial charge in [0.05, 0.1) is 6.61 Å². The molecule has 2 aromatic rings. The molecule has 1 saturated heterocycles. The molecule has 2 N–H and O–H groups in total. The van der Waals surface area contributed by atoms with Crippen LogP contribution in [0.1, 0.15) is 106 Å². The average Bonchev–Trinajstić information content (AvgIpc) is 3.42. The van der Waals surface area contributed by atoms with Crippen molar-refractivity contribution in [2.75, 3.05) is 20.8 Å². The Hall–Kier alpha value is -2.38. The second-order valence-corrected chi connectivity index (χ2v) is 13.7. The first kappa shape index (κ1) is 35.9. The molecule has 0 unspecified atom stereocenters. The number of unbranched alkanes of at least 4 members (excludes halogenated alkanes) is 1. The molecular weight excluding hydrogens is 604 g/mol. The molecule has 3 fully saturated rings. The minimum absolute atomic E-state index is 0.0445. The van der Waals surface area contributed by atoms with Crippen LogP contribution in [0.25, 0.3) is 0 Å². The maximum atomic E-state index is 13.9. The predicted molar refractivity (Wildman–Crippen MR) is 176 cm³/mol. The number of aryl methyl sites for hydroxylation is 3. The zero-order chi connectivity index (χ0) is 33.7. The summed E-state index contributed by atoms with van der Waals surface area (Å²) >= 11 is 0. The van der Waals surface area contributed by atoms with Gasteiger partial charge in [0, 0.05) is 64.6 Å². The number of nitrogens with zero attached hydrogens (tertiary/aromatic N) is 2. The van der Waals surface area contributed by atoms with Crippen LogP contribution in [0.15, 0.2) is 40.1 Å². The molecule has 5 rings (SSSR count). The van der Waals surface area contributed by atoms with Crippen molar-refractivity contribution in [1.82, 2.24) is 9.13 Å². The van der Waals surface area contributed by atoms with Crippen LogP contribution in [-0.2, 0) is 36.6 Å². The Morgan fingerprint density at radius 2 is 1.55 bits per heavy atom. The summed E-state index contributed by atoms with van der Waals surface area (Å²) in [5.74, 6) is -3.88. The minimum atomic E-state index is -1.95. The lowest BCUT2D eigenvalue weighted by atomic mass is 9.92. The molecule has 1 aromatic heterocycles. The van der Waals surface area contributed by atoms with Crippen molar-refractivity contribution in [3.63, 3.8) is 0 Å². The number of rotatable bonds is 14. The number of ether oxygens (including phenoxy) is 5. The zero-order valence-corrected chi connectivity index (χ0v) is 28.6. The van der Waals surface area contributed by atoms with Crippen molar-refractivity contribution in [2.45, 2.75) is 146 Å². The van der Waals surface area contributed by atoms with Crippen molar-refractivity contribution < 1.29 is 33.9 Å². The van der Waals surface area contributed by atoms with E-state index in [1.807, 2.05) is 12.1 Å². The maximum absolute atomic E-state index is 13.9. The largest absolute Gasteiger partial charge is 0.387 e. The molecule has 2 aliphatic carbocycles. The summed E-state index contributed by atoms with van der Waals surface area (Å²) in [5.41, 5.74) is 1.96. The topological polar surface area (TPSA) is 131 Å². The van der Waals surface area contributed by atoms with Gasteiger partial charge in [-0.2, -0.15) is 0 Å². The van der Waals surface area contributed by atoms with Gasteiger partial charge in [-0.15, -0.1) is 0 Å². The van der Waals surface area contributed by atoms with Crippen LogP contribution in [-0.4, -0.2) is 69.7 Å². The Morgan fingerprint density at radius 3 is 2.19 bits per heavy atom. The third-order valence-corrected chi connectivity index (χ3v) is 10.5. The van der Waals surface area contributed by atoms with Crippen molar-refractivity contribution in [2.24, 2.45) is 0 Å². The number of hydrogen-bond acceptors (Lipinski definition) is 9. The number of methoxy groups -OCH3 is 2. The number of aliphatic hydroxyl groups is 2. The monoisotopic (exact) mass is 658 g/mol. The van der Waals surface area contributed by atoms with E-state index in [0.717, 1.165) is 51.4 Å². The lowest BCUT2D eigenvalue weighted by molar-refractivity contribution is -0.404. The van der Waals surface area contributed by atoms with Gasteiger partial charge < -0.3 is 33.9 Å². The molecule has 2 saturated carbocycles. The van der Waals surface area contributed by atoms with E-state index in [-0.39, 0.29) is 25.1 Å². The third kappa shape index (κ3) is 7.77. The first-order valence-electron chi connectivity index (χ1n) is 17.4. The average molecular weight is 659 g/mol. The van der Waals surface area contributed by atoms with Gasteiger partial charge in [-0.25, -0.2) is 4.79 Å². The molecule has 4 atom stereocenters. The molecular formula is C36H54N2O9. The predicted octanol–water partition coefficient (Wildman–Crippen LogP) is 4.63. The minimum Gasteiger partial charge on any atom is -0.387 e. The number of aromatic nitrogens is 2. The van der Waals surface area contributed by atoms with E-state index >= 15 is 0 Å². The molecule has 0 spiro atoms. The molecule has 11 nitrogen and oxygen atoms in total. The van der Waals surface area contributed by atoms with E-state index < -0.39 is 41.5 Å². The standard InChI is InChI=1S/C36H54N2O9/c1-26-15-7-8-16-28(26)17-9-14-22-37-32(41)27(2)24-38(33(37)42)31-23-29(39)36(46-31,47-35(44-4)20-12-6-13-21-35)30(40)25-45-34(43-3)18-10-5-11-19-34/h7-8,15-16,24,29-31,39-40H,5-6,9-14,17-23,25H2,1-4H3/t29-,30+,31+,36+/m0/s1. The van der Waals surface area contributed by atoms with E-state index in [0.29, 0.717) is 37.7 Å². The zero-order valence-electron chi connectivity index (χ0n) is 28.6. The Kier molecular flexibility index (Phi) is 11.8. The van der Waals surface area contributed by atoms with Crippen LogP contribution in [0.5, 0.6) is 0 Å². The lowest BCUT2D eigenvalue weighted by Gasteiger charge is -2.46. The molecule has 0 radical (unpaired) electrons. The number of aliphatic hydroxyl groups excluding tert-OH is 2. The second-order valence-electron chi connectivity index (χ2n) is 13.7. The third-order valence-electron chi connectivity index (χ3n) is 10.5. The van der Waals surface area contributed by atoms with E-state index in [1.54, 1.807) is 21.1 Å². The molecule has 1 aromatic carbocycles. The molecule has 47 heavy (non-hydrogen) atoms.